The van der Waals surface area contributed by atoms with Gasteiger partial charge in [0.2, 0.25) is 0 Å². The molecule has 1 atom stereocenters. The summed E-state index contributed by atoms with van der Waals surface area (Å²) < 4.78 is 19.1. The number of likely N-dealkylation sites (N-methyl/N-ethyl adjacent to an activating group) is 1. The monoisotopic (exact) mass is 360 g/mol. The smallest absolute Gasteiger partial charge is 0.325 e. The van der Waals surface area contributed by atoms with Crippen LogP contribution in [-0.4, -0.2) is 55.2 Å². The van der Waals surface area contributed by atoms with Gasteiger partial charge in [0.15, 0.2) is 0 Å². The lowest BCUT2D eigenvalue weighted by molar-refractivity contribution is -0.144. The second kappa shape index (κ2) is 9.31. The number of hydrogen-bond donors (Lipinski definition) is 1. The van der Waals surface area contributed by atoms with Gasteiger partial charge >= 0.3 is 5.97 Å². The lowest BCUT2D eigenvalue weighted by Gasteiger charge is -2.31. The van der Waals surface area contributed by atoms with E-state index in [0.29, 0.717) is 30.9 Å². The zero-order chi connectivity index (χ0) is 19.1. The van der Waals surface area contributed by atoms with Gasteiger partial charge in [0.25, 0.3) is 0 Å². The van der Waals surface area contributed by atoms with E-state index in [1.54, 1.807) is 0 Å². The second-order valence-electron chi connectivity index (χ2n) is 6.39. The summed E-state index contributed by atoms with van der Waals surface area (Å²) in [7, 11) is 5.31. The van der Waals surface area contributed by atoms with Gasteiger partial charge < -0.3 is 14.7 Å². The van der Waals surface area contributed by atoms with E-state index in [0.717, 1.165) is 5.56 Å². The molecule has 0 aliphatic rings. The number of ether oxygens (including phenoxy) is 1. The van der Waals surface area contributed by atoms with E-state index in [1.165, 1.54) is 25.3 Å². The van der Waals surface area contributed by atoms with Crippen molar-refractivity contribution in [3.8, 4) is 5.75 Å². The summed E-state index contributed by atoms with van der Waals surface area (Å²) in [4.78, 5) is 15.9. The summed E-state index contributed by atoms with van der Waals surface area (Å²) in [6.07, 6.45) is 0. The average Bonchev–Trinajstić information content (AvgIpc) is 2.60. The number of aliphatic carboxylic acids is 1. The average molecular weight is 360 g/mol. The number of nitrogens with zero attached hydrogens (tertiary/aromatic N) is 2. The Morgan fingerprint density at radius 1 is 1.15 bits per heavy atom. The van der Waals surface area contributed by atoms with Crippen molar-refractivity contribution >= 4 is 5.97 Å². The van der Waals surface area contributed by atoms with Crippen molar-refractivity contribution in [1.82, 2.24) is 9.80 Å². The molecule has 5 nitrogen and oxygen atoms in total. The molecule has 0 saturated carbocycles. The molecule has 26 heavy (non-hydrogen) atoms. The molecule has 0 fully saturated rings. The second-order valence-corrected chi connectivity index (χ2v) is 6.39. The highest BCUT2D eigenvalue weighted by atomic mass is 19.1. The van der Waals surface area contributed by atoms with Crippen LogP contribution >= 0.6 is 0 Å². The molecular formula is C20H25FN2O3. The Bertz CT molecular complexity index is 722. The van der Waals surface area contributed by atoms with E-state index in [4.69, 9.17) is 4.74 Å². The van der Waals surface area contributed by atoms with Crippen LogP contribution in [0.5, 0.6) is 5.75 Å². The topological polar surface area (TPSA) is 53.0 Å². The number of methoxy groups -OCH3 is 1. The molecular weight excluding hydrogens is 335 g/mol. The minimum atomic E-state index is -1.04. The fraction of sp³-hybridized carbons (Fsp3) is 0.350. The van der Waals surface area contributed by atoms with Gasteiger partial charge in [-0.3, -0.25) is 9.69 Å². The van der Waals surface area contributed by atoms with Gasteiger partial charge in [-0.05, 0) is 37.9 Å². The van der Waals surface area contributed by atoms with Crippen molar-refractivity contribution < 1.29 is 19.0 Å². The van der Waals surface area contributed by atoms with Crippen LogP contribution in [0.2, 0.25) is 0 Å². The molecule has 2 rings (SSSR count). The van der Waals surface area contributed by atoms with E-state index in [2.05, 4.69) is 0 Å². The van der Waals surface area contributed by atoms with Gasteiger partial charge in [-0.15, -0.1) is 0 Å². The molecule has 0 spiro atoms. The van der Waals surface area contributed by atoms with Gasteiger partial charge in [0.05, 0.1) is 7.11 Å². The number of rotatable bonds is 9. The number of carboxylic acid groups (broad SMARTS) is 1. The van der Waals surface area contributed by atoms with Crippen LogP contribution in [0.1, 0.15) is 17.2 Å². The van der Waals surface area contributed by atoms with Crippen LogP contribution in [0.4, 0.5) is 4.39 Å². The molecule has 0 bridgehead atoms. The first-order valence-electron chi connectivity index (χ1n) is 8.41. The molecule has 140 valence electrons. The van der Waals surface area contributed by atoms with Crippen LogP contribution in [0.15, 0.2) is 48.5 Å². The number of carbonyl (C=O) groups is 1. The Morgan fingerprint density at radius 3 is 2.42 bits per heavy atom. The van der Waals surface area contributed by atoms with E-state index >= 15 is 0 Å². The summed E-state index contributed by atoms with van der Waals surface area (Å²) in [5.41, 5.74) is 1.31. The molecule has 1 unspecified atom stereocenters. The highest BCUT2D eigenvalue weighted by Crippen LogP contribution is 2.31. The molecule has 1 N–H and O–H groups in total. The summed E-state index contributed by atoms with van der Waals surface area (Å²) in [6.45, 7) is 1.62. The number of carboxylic acids is 1. The first-order valence-corrected chi connectivity index (χ1v) is 8.41. The Labute approximate surface area is 153 Å². The molecule has 2 aromatic rings. The van der Waals surface area contributed by atoms with Gasteiger partial charge in [0, 0.05) is 25.2 Å². The van der Waals surface area contributed by atoms with Gasteiger partial charge in [-0.1, -0.05) is 30.3 Å². The normalized spacial score (nSPS) is 12.4. The quantitative estimate of drug-likeness (QED) is 0.745. The maximum atomic E-state index is 13.8. The summed E-state index contributed by atoms with van der Waals surface area (Å²) >= 11 is 0. The van der Waals surface area contributed by atoms with Gasteiger partial charge in [0.1, 0.15) is 17.6 Å². The standard InChI is InChI=1S/C20H25FN2O3/c1-22(2)11-12-23(14-15-7-5-4-6-8-15)19(20(24)25)17-13-16(21)9-10-18(17)26-3/h4-10,13,19H,11-12,14H2,1-3H3,(H,24,25). The van der Waals surface area contributed by atoms with Crippen molar-refractivity contribution in [3.05, 3.63) is 65.5 Å². The summed E-state index contributed by atoms with van der Waals surface area (Å²) in [5.74, 6) is -1.16. The van der Waals surface area contributed by atoms with Crippen molar-refractivity contribution in [1.29, 1.82) is 0 Å². The van der Waals surface area contributed by atoms with Crippen molar-refractivity contribution in [2.24, 2.45) is 0 Å². The zero-order valence-corrected chi connectivity index (χ0v) is 15.4. The molecule has 0 amide bonds. The molecule has 0 saturated heterocycles. The Kier molecular flexibility index (Phi) is 7.12. The maximum absolute atomic E-state index is 13.8. The third kappa shape index (κ3) is 5.28. The van der Waals surface area contributed by atoms with Gasteiger partial charge in [-0.2, -0.15) is 0 Å². The highest BCUT2D eigenvalue weighted by Gasteiger charge is 2.30. The minimum absolute atomic E-state index is 0.315. The number of hydrogen-bond acceptors (Lipinski definition) is 4. The molecule has 2 aromatic carbocycles. The molecule has 0 aromatic heterocycles. The van der Waals surface area contributed by atoms with E-state index in [1.807, 2.05) is 54.2 Å². The fourth-order valence-corrected chi connectivity index (χ4v) is 2.85. The molecule has 0 aliphatic carbocycles. The van der Waals surface area contributed by atoms with Crippen molar-refractivity contribution in [2.45, 2.75) is 12.6 Å². The van der Waals surface area contributed by atoms with Crippen LogP contribution in [0, 0.1) is 5.82 Å². The van der Waals surface area contributed by atoms with E-state index in [-0.39, 0.29) is 0 Å². The van der Waals surface area contributed by atoms with Gasteiger partial charge in [-0.25, -0.2) is 4.39 Å². The van der Waals surface area contributed by atoms with Crippen LogP contribution in [0.25, 0.3) is 0 Å². The molecule has 0 heterocycles. The first-order chi connectivity index (χ1) is 12.4. The fourth-order valence-electron chi connectivity index (χ4n) is 2.85. The predicted molar refractivity (Wildman–Crippen MR) is 98.7 cm³/mol. The van der Waals surface area contributed by atoms with Crippen LogP contribution in [-0.2, 0) is 11.3 Å². The van der Waals surface area contributed by atoms with E-state index in [9.17, 15) is 14.3 Å². The Hall–Kier alpha value is -2.44. The number of halogens is 1. The summed E-state index contributed by atoms with van der Waals surface area (Å²) in [5, 5.41) is 9.92. The maximum Gasteiger partial charge on any atom is 0.325 e. The predicted octanol–water partition coefficient (Wildman–Crippen LogP) is 3.02. The Balaban J connectivity index is 2.42. The van der Waals surface area contributed by atoms with E-state index < -0.39 is 17.8 Å². The molecule has 0 radical (unpaired) electrons. The van der Waals surface area contributed by atoms with Crippen LogP contribution in [0.3, 0.4) is 0 Å². The molecule has 6 heteroatoms. The number of benzene rings is 2. The highest BCUT2D eigenvalue weighted by molar-refractivity contribution is 5.76. The van der Waals surface area contributed by atoms with Crippen LogP contribution < -0.4 is 4.74 Å². The zero-order valence-electron chi connectivity index (χ0n) is 15.4. The Morgan fingerprint density at radius 2 is 1.85 bits per heavy atom. The van der Waals surface area contributed by atoms with Crippen molar-refractivity contribution in [3.63, 3.8) is 0 Å². The van der Waals surface area contributed by atoms with Crippen molar-refractivity contribution in [2.75, 3.05) is 34.3 Å². The lowest BCUT2D eigenvalue weighted by Crippen LogP contribution is -2.38. The third-order valence-corrected chi connectivity index (χ3v) is 4.15. The SMILES string of the molecule is COc1ccc(F)cc1C(C(=O)O)N(CCN(C)C)Cc1ccccc1. The third-order valence-electron chi connectivity index (χ3n) is 4.15. The summed E-state index contributed by atoms with van der Waals surface area (Å²) in [6, 6.07) is 12.6. The largest absolute Gasteiger partial charge is 0.496 e. The first kappa shape index (κ1) is 19.9. The lowest BCUT2D eigenvalue weighted by atomic mass is 10.0. The minimum Gasteiger partial charge on any atom is -0.496 e. The molecule has 0 aliphatic heterocycles.